The summed E-state index contributed by atoms with van der Waals surface area (Å²) in [6.07, 6.45) is 3.07. The van der Waals surface area contributed by atoms with Crippen molar-refractivity contribution in [2.75, 3.05) is 37.0 Å². The summed E-state index contributed by atoms with van der Waals surface area (Å²) in [5.41, 5.74) is 2.29. The number of amides is 4. The maximum absolute atomic E-state index is 14.2. The number of nitrogens with zero attached hydrogens (tertiary/aromatic N) is 5. The lowest BCUT2D eigenvalue weighted by molar-refractivity contribution is -0.274. The van der Waals surface area contributed by atoms with Gasteiger partial charge < -0.3 is 39.8 Å². The first kappa shape index (κ1) is 45.4. The van der Waals surface area contributed by atoms with Gasteiger partial charge >= 0.3 is 12.5 Å². The topological polar surface area (TPSA) is 162 Å². The van der Waals surface area contributed by atoms with Gasteiger partial charge in [-0.05, 0) is 91.3 Å². The van der Waals surface area contributed by atoms with E-state index < -0.39 is 30.2 Å². The van der Waals surface area contributed by atoms with Gasteiger partial charge in [-0.2, -0.15) is 0 Å². The lowest BCUT2D eigenvalue weighted by atomic mass is 9.84. The van der Waals surface area contributed by atoms with Gasteiger partial charge in [0.15, 0.2) is 0 Å². The molecule has 4 fully saturated rings. The number of H-pyrrole nitrogens is 1. The van der Waals surface area contributed by atoms with E-state index in [9.17, 15) is 32.3 Å². The summed E-state index contributed by atoms with van der Waals surface area (Å²) in [7, 11) is 1.27. The lowest BCUT2D eigenvalue weighted by Crippen LogP contribution is -2.54. The van der Waals surface area contributed by atoms with E-state index >= 15 is 0 Å². The fourth-order valence-corrected chi connectivity index (χ4v) is 9.91. The van der Waals surface area contributed by atoms with Crippen molar-refractivity contribution in [3.05, 3.63) is 78.4 Å². The van der Waals surface area contributed by atoms with E-state index in [4.69, 9.17) is 9.72 Å². The molecule has 2 aliphatic heterocycles. The third kappa shape index (κ3) is 9.79. The van der Waals surface area contributed by atoms with E-state index in [1.54, 1.807) is 42.6 Å². The summed E-state index contributed by atoms with van der Waals surface area (Å²) in [4.78, 5) is 71.4. The van der Waals surface area contributed by atoms with E-state index in [1.165, 1.54) is 25.4 Å². The highest BCUT2D eigenvalue weighted by atomic mass is 19.4. The number of carbonyl (C=O) groups is 4. The van der Waals surface area contributed by atoms with Crippen LogP contribution in [-0.4, -0.2) is 99.8 Å². The number of pyridine rings is 1. The van der Waals surface area contributed by atoms with E-state index in [0.29, 0.717) is 59.7 Å². The number of carbonyl (C=O) groups excluding carboxylic acids is 4. The Balaban J connectivity index is 0.951. The molecule has 0 radical (unpaired) electrons. The maximum atomic E-state index is 14.2. The van der Waals surface area contributed by atoms with Crippen molar-refractivity contribution in [1.29, 1.82) is 0 Å². The molecule has 2 aliphatic carbocycles. The van der Waals surface area contributed by atoms with Crippen molar-refractivity contribution < 1.29 is 41.8 Å². The van der Waals surface area contributed by atoms with Crippen LogP contribution in [0.25, 0.3) is 22.4 Å². The number of likely N-dealkylation sites (tertiary alicyclic amines) is 1. The molecule has 8 rings (SSSR count). The van der Waals surface area contributed by atoms with Gasteiger partial charge in [0, 0.05) is 48.8 Å². The standard InChI is InChI=1S/C48H57F3N8O6/c1-27(2)41(56-46(63)64-6)45(62)59-37-10-8-7-9-31(37)21-38(59)42-53-25-36(55-42)30-13-11-29(12-14-30)34-17-15-32(22-39(34)65-48(49,50)51)43(60)54-33-16-18-40(52-24-33)58-20-19-57(26-28(58)3)44(61)35-23-47(35,4)5/h11-18,22,24-25,27-28,31,35,37-38,41H,7-10,19-21,23,26H2,1-6H3,(H,53,55)(H,54,60)(H,56,63)/t28-,31+,35-,37+,38+,41+/m1/s1. The summed E-state index contributed by atoms with van der Waals surface area (Å²) >= 11 is 0. The molecule has 0 bridgehead atoms. The van der Waals surface area contributed by atoms with Gasteiger partial charge in [-0.1, -0.05) is 64.8 Å². The van der Waals surface area contributed by atoms with Crippen LogP contribution in [0.4, 0.5) is 29.5 Å². The second-order valence-corrected chi connectivity index (χ2v) is 18.9. The largest absolute Gasteiger partial charge is 0.573 e. The Bertz CT molecular complexity index is 2400. The number of aromatic amines is 1. The average molecular weight is 899 g/mol. The molecule has 0 spiro atoms. The van der Waals surface area contributed by atoms with Crippen LogP contribution in [0.2, 0.25) is 0 Å². The maximum Gasteiger partial charge on any atom is 0.573 e. The highest BCUT2D eigenvalue weighted by Gasteiger charge is 2.52. The Morgan fingerprint density at radius 2 is 1.66 bits per heavy atom. The van der Waals surface area contributed by atoms with Crippen molar-refractivity contribution in [2.45, 2.75) is 104 Å². The third-order valence-corrected chi connectivity index (χ3v) is 13.7. The van der Waals surface area contributed by atoms with E-state index in [2.05, 4.69) is 44.1 Å². The number of imidazole rings is 1. The number of halogens is 3. The van der Waals surface area contributed by atoms with Gasteiger partial charge in [-0.3, -0.25) is 14.4 Å². The molecular weight excluding hydrogens is 842 g/mol. The minimum absolute atomic E-state index is 0.0183. The van der Waals surface area contributed by atoms with E-state index in [1.807, 2.05) is 30.6 Å². The fourth-order valence-electron chi connectivity index (χ4n) is 9.91. The minimum atomic E-state index is -5.03. The second kappa shape index (κ2) is 18.0. The van der Waals surface area contributed by atoms with Gasteiger partial charge in [0.2, 0.25) is 11.8 Å². The molecule has 4 amide bonds. The van der Waals surface area contributed by atoms with Crippen molar-refractivity contribution in [1.82, 2.24) is 30.1 Å². The molecule has 2 aromatic carbocycles. The number of rotatable bonds is 11. The molecule has 14 nitrogen and oxygen atoms in total. The number of methoxy groups -OCH3 is 1. The highest BCUT2D eigenvalue weighted by molar-refractivity contribution is 6.05. The van der Waals surface area contributed by atoms with Crippen LogP contribution in [0.15, 0.2) is 67.0 Å². The zero-order chi connectivity index (χ0) is 46.4. The zero-order valence-corrected chi connectivity index (χ0v) is 37.6. The van der Waals surface area contributed by atoms with Gasteiger partial charge in [-0.15, -0.1) is 13.2 Å². The molecular formula is C48H57F3N8O6. The van der Waals surface area contributed by atoms with Crippen LogP contribution in [-0.2, 0) is 14.3 Å². The number of anilines is 2. The minimum Gasteiger partial charge on any atom is -0.453 e. The van der Waals surface area contributed by atoms with Gasteiger partial charge in [0.25, 0.3) is 5.91 Å². The summed E-state index contributed by atoms with van der Waals surface area (Å²) < 4.78 is 50.7. The first-order chi connectivity index (χ1) is 30.9. The molecule has 6 atom stereocenters. The molecule has 2 aromatic heterocycles. The normalized spacial score (nSPS) is 23.1. The van der Waals surface area contributed by atoms with E-state index in [-0.39, 0.29) is 58.3 Å². The van der Waals surface area contributed by atoms with Crippen LogP contribution in [0.1, 0.15) is 95.4 Å². The molecule has 346 valence electrons. The van der Waals surface area contributed by atoms with Gasteiger partial charge in [-0.25, -0.2) is 14.8 Å². The van der Waals surface area contributed by atoms with Crippen molar-refractivity contribution >= 4 is 35.3 Å². The molecule has 3 N–H and O–H groups in total. The number of ether oxygens (including phenoxy) is 2. The third-order valence-electron chi connectivity index (χ3n) is 13.7. The average Bonchev–Trinajstić information content (AvgIpc) is 3.56. The van der Waals surface area contributed by atoms with Gasteiger partial charge in [0.1, 0.15) is 23.4 Å². The van der Waals surface area contributed by atoms with Crippen LogP contribution in [0, 0.1) is 23.2 Å². The summed E-state index contributed by atoms with van der Waals surface area (Å²) in [6.45, 7) is 11.8. The molecule has 17 heteroatoms. The summed E-state index contributed by atoms with van der Waals surface area (Å²) in [5.74, 6) is 0.335. The number of alkyl carbamates (subject to hydrolysis) is 1. The van der Waals surface area contributed by atoms with Crippen molar-refractivity contribution in [3.8, 4) is 28.1 Å². The molecule has 4 heterocycles. The first-order valence-electron chi connectivity index (χ1n) is 22.5. The monoisotopic (exact) mass is 898 g/mol. The molecule has 4 aliphatic rings. The lowest BCUT2D eigenvalue weighted by Gasteiger charge is -2.41. The highest BCUT2D eigenvalue weighted by Crippen LogP contribution is 2.52. The number of alkyl halides is 3. The first-order valence-corrected chi connectivity index (χ1v) is 22.5. The summed E-state index contributed by atoms with van der Waals surface area (Å²) in [5, 5.41) is 5.46. The summed E-state index contributed by atoms with van der Waals surface area (Å²) in [6, 6.07) is 13.1. The van der Waals surface area contributed by atoms with Crippen molar-refractivity contribution in [3.63, 3.8) is 0 Å². The molecule has 0 unspecified atom stereocenters. The molecule has 2 saturated carbocycles. The van der Waals surface area contributed by atoms with Crippen molar-refractivity contribution in [2.24, 2.45) is 23.2 Å². The zero-order valence-electron chi connectivity index (χ0n) is 37.6. The Morgan fingerprint density at radius 1 is 0.938 bits per heavy atom. The number of nitrogens with one attached hydrogen (secondary N) is 3. The smallest absolute Gasteiger partial charge is 0.453 e. The fraction of sp³-hybridized carbons (Fsp3) is 0.500. The second-order valence-electron chi connectivity index (χ2n) is 18.9. The van der Waals surface area contributed by atoms with E-state index in [0.717, 1.165) is 44.6 Å². The predicted octanol–water partition coefficient (Wildman–Crippen LogP) is 8.59. The van der Waals surface area contributed by atoms with Crippen LogP contribution >= 0.6 is 0 Å². The Hall–Kier alpha value is -6.13. The number of hydrogen-bond acceptors (Lipinski definition) is 9. The van der Waals surface area contributed by atoms with Crippen LogP contribution in [0.5, 0.6) is 5.75 Å². The Kier molecular flexibility index (Phi) is 12.6. The Labute approximate surface area is 376 Å². The van der Waals surface area contributed by atoms with Gasteiger partial charge in [0.05, 0.1) is 36.9 Å². The number of benzene rings is 2. The molecule has 2 saturated heterocycles. The quantitative estimate of drug-likeness (QED) is 0.134. The number of piperazine rings is 1. The SMILES string of the molecule is COC(=O)N[C@H](C(=O)N1[C@H](c2ncc(-c3ccc(-c4ccc(C(=O)Nc5ccc(N6CCN(C(=O)[C@H]7CC7(C)C)C[C@H]6C)nc5)cc4OC(F)(F)F)cc3)[nH]2)C[C@@H]2CCCC[C@@H]21)C(C)C. The number of aromatic nitrogens is 3. The molecule has 4 aromatic rings. The predicted molar refractivity (Wildman–Crippen MR) is 238 cm³/mol. The molecule has 65 heavy (non-hydrogen) atoms. The van der Waals surface area contributed by atoms with Crippen LogP contribution in [0.3, 0.4) is 0 Å². The number of fused-ring (bicyclic) bond motifs is 1. The number of hydrogen-bond donors (Lipinski definition) is 3. The van der Waals surface area contributed by atoms with Crippen LogP contribution < -0.4 is 20.3 Å². The Morgan fingerprint density at radius 3 is 2.31 bits per heavy atom.